The number of hydrogen-bond donors (Lipinski definition) is 1. The Kier molecular flexibility index (Phi) is 8.12. The minimum Gasteiger partial charge on any atom is -0.448 e. The summed E-state index contributed by atoms with van der Waals surface area (Å²) in [5.41, 5.74) is 4.93. The van der Waals surface area contributed by atoms with E-state index in [0.29, 0.717) is 19.1 Å². The van der Waals surface area contributed by atoms with Crippen molar-refractivity contribution in [3.63, 3.8) is 0 Å². The largest absolute Gasteiger partial charge is 0.448 e. The van der Waals surface area contributed by atoms with E-state index in [4.69, 9.17) is 10.5 Å². The van der Waals surface area contributed by atoms with Crippen LogP contribution in [0.25, 0.3) is 0 Å². The summed E-state index contributed by atoms with van der Waals surface area (Å²) in [4.78, 5) is 27.2. The molecular weight excluding hydrogens is 270 g/mol. The molecule has 0 unspecified atom stereocenters. The molecular formula is C15H29N3O3. The maximum absolute atomic E-state index is 12.5. The molecule has 1 fully saturated rings. The average Bonchev–Trinajstić information content (AvgIpc) is 2.47. The Labute approximate surface area is 127 Å². The second-order valence-corrected chi connectivity index (χ2v) is 5.61. The van der Waals surface area contributed by atoms with Crippen molar-refractivity contribution in [3.8, 4) is 0 Å². The fourth-order valence-electron chi connectivity index (χ4n) is 2.81. The molecule has 21 heavy (non-hydrogen) atoms. The van der Waals surface area contributed by atoms with Crippen LogP contribution in [-0.4, -0.2) is 61.1 Å². The predicted octanol–water partition coefficient (Wildman–Crippen LogP) is 1.44. The minimum absolute atomic E-state index is 0.185. The normalized spacial score (nSPS) is 16.2. The summed E-state index contributed by atoms with van der Waals surface area (Å²) < 4.78 is 4.74. The highest BCUT2D eigenvalue weighted by Gasteiger charge is 2.26. The maximum atomic E-state index is 12.5. The molecule has 0 aromatic heterocycles. The highest BCUT2D eigenvalue weighted by molar-refractivity contribution is 5.78. The molecule has 1 aliphatic heterocycles. The molecule has 0 radical (unpaired) electrons. The zero-order chi connectivity index (χ0) is 15.7. The standard InChI is InChI=1S/C15H29N3O3/c1-3-5-13(6-4-2)14(19)18-9-7-17(8-10-18)11-12-21-15(16)20/h13H,3-12H2,1-2H3,(H2,16,20). The topological polar surface area (TPSA) is 75.9 Å². The molecule has 122 valence electrons. The maximum Gasteiger partial charge on any atom is 0.404 e. The van der Waals surface area contributed by atoms with Crippen molar-refractivity contribution in [2.75, 3.05) is 39.3 Å². The third-order valence-corrected chi connectivity index (χ3v) is 3.96. The van der Waals surface area contributed by atoms with Crippen molar-refractivity contribution in [2.45, 2.75) is 39.5 Å². The minimum atomic E-state index is -0.731. The second-order valence-electron chi connectivity index (χ2n) is 5.61. The van der Waals surface area contributed by atoms with Gasteiger partial charge in [0.1, 0.15) is 6.61 Å². The summed E-state index contributed by atoms with van der Waals surface area (Å²) >= 11 is 0. The van der Waals surface area contributed by atoms with Gasteiger partial charge in [0.25, 0.3) is 0 Å². The van der Waals surface area contributed by atoms with E-state index in [2.05, 4.69) is 18.7 Å². The Morgan fingerprint density at radius 2 is 1.67 bits per heavy atom. The summed E-state index contributed by atoms with van der Waals surface area (Å²) in [5, 5.41) is 0. The molecule has 2 N–H and O–H groups in total. The lowest BCUT2D eigenvalue weighted by molar-refractivity contribution is -0.137. The molecule has 1 heterocycles. The lowest BCUT2D eigenvalue weighted by Gasteiger charge is -2.36. The lowest BCUT2D eigenvalue weighted by atomic mass is 9.96. The van der Waals surface area contributed by atoms with Gasteiger partial charge in [-0.05, 0) is 12.8 Å². The molecule has 0 saturated carbocycles. The van der Waals surface area contributed by atoms with Gasteiger partial charge in [0.15, 0.2) is 0 Å². The molecule has 0 atom stereocenters. The summed E-state index contributed by atoms with van der Waals surface area (Å²) in [7, 11) is 0. The van der Waals surface area contributed by atoms with Crippen molar-refractivity contribution >= 4 is 12.0 Å². The number of ether oxygens (including phenoxy) is 1. The number of hydrogen-bond acceptors (Lipinski definition) is 4. The Balaban J connectivity index is 2.33. The van der Waals surface area contributed by atoms with Gasteiger partial charge in [-0.15, -0.1) is 0 Å². The third kappa shape index (κ3) is 6.33. The summed E-state index contributed by atoms with van der Waals surface area (Å²) in [6, 6.07) is 0. The van der Waals surface area contributed by atoms with E-state index in [1.165, 1.54) is 0 Å². The molecule has 1 aliphatic rings. The van der Waals surface area contributed by atoms with E-state index >= 15 is 0 Å². The zero-order valence-corrected chi connectivity index (χ0v) is 13.3. The molecule has 6 heteroatoms. The molecule has 2 amide bonds. The molecule has 6 nitrogen and oxygen atoms in total. The average molecular weight is 299 g/mol. The number of primary amides is 1. The van der Waals surface area contributed by atoms with E-state index < -0.39 is 6.09 Å². The number of amides is 2. The monoisotopic (exact) mass is 299 g/mol. The first-order valence-corrected chi connectivity index (χ1v) is 8.01. The number of piperazine rings is 1. The number of nitrogens with zero attached hydrogens (tertiary/aromatic N) is 2. The van der Waals surface area contributed by atoms with Crippen molar-refractivity contribution < 1.29 is 14.3 Å². The van der Waals surface area contributed by atoms with Crippen LogP contribution in [0.5, 0.6) is 0 Å². The molecule has 0 aromatic rings. The molecule has 0 aliphatic carbocycles. The van der Waals surface area contributed by atoms with Crippen molar-refractivity contribution in [1.29, 1.82) is 0 Å². The van der Waals surface area contributed by atoms with Crippen LogP contribution in [0.15, 0.2) is 0 Å². The van der Waals surface area contributed by atoms with Crippen molar-refractivity contribution in [3.05, 3.63) is 0 Å². The molecule has 1 rings (SSSR count). The summed E-state index contributed by atoms with van der Waals surface area (Å²) in [5.74, 6) is 0.497. The highest BCUT2D eigenvalue weighted by Crippen LogP contribution is 2.18. The van der Waals surface area contributed by atoms with E-state index in [1.54, 1.807) is 0 Å². The second kappa shape index (κ2) is 9.60. The molecule has 0 aromatic carbocycles. The van der Waals surface area contributed by atoms with Gasteiger partial charge in [0, 0.05) is 38.6 Å². The van der Waals surface area contributed by atoms with Crippen LogP contribution in [-0.2, 0) is 9.53 Å². The third-order valence-electron chi connectivity index (χ3n) is 3.96. The molecule has 0 spiro atoms. The van der Waals surface area contributed by atoms with Crippen molar-refractivity contribution in [1.82, 2.24) is 9.80 Å². The van der Waals surface area contributed by atoms with Gasteiger partial charge in [-0.25, -0.2) is 4.79 Å². The van der Waals surface area contributed by atoms with E-state index in [0.717, 1.165) is 51.9 Å². The van der Waals surface area contributed by atoms with Gasteiger partial charge in [0.2, 0.25) is 5.91 Å². The zero-order valence-electron chi connectivity index (χ0n) is 13.3. The SMILES string of the molecule is CCCC(CCC)C(=O)N1CCN(CCOC(N)=O)CC1. The smallest absolute Gasteiger partial charge is 0.404 e. The van der Waals surface area contributed by atoms with Gasteiger partial charge in [0.05, 0.1) is 0 Å². The number of carbonyl (C=O) groups is 2. The van der Waals surface area contributed by atoms with Gasteiger partial charge in [-0.1, -0.05) is 26.7 Å². The first-order chi connectivity index (χ1) is 10.1. The first-order valence-electron chi connectivity index (χ1n) is 8.01. The van der Waals surface area contributed by atoms with Crippen LogP contribution in [0.3, 0.4) is 0 Å². The van der Waals surface area contributed by atoms with Crippen LogP contribution >= 0.6 is 0 Å². The van der Waals surface area contributed by atoms with Gasteiger partial charge < -0.3 is 15.4 Å². The number of rotatable bonds is 8. The van der Waals surface area contributed by atoms with Crippen LogP contribution in [0.4, 0.5) is 4.79 Å². The number of carbonyl (C=O) groups excluding carboxylic acids is 2. The molecule has 0 bridgehead atoms. The van der Waals surface area contributed by atoms with Gasteiger partial charge >= 0.3 is 6.09 Å². The Hall–Kier alpha value is -1.30. The first kappa shape index (κ1) is 17.8. The summed E-state index contributed by atoms with van der Waals surface area (Å²) in [6.45, 7) is 8.45. The highest BCUT2D eigenvalue weighted by atomic mass is 16.5. The predicted molar refractivity (Wildman–Crippen MR) is 81.9 cm³/mol. The Bertz CT molecular complexity index is 322. The Morgan fingerprint density at radius 3 is 2.14 bits per heavy atom. The van der Waals surface area contributed by atoms with Crippen LogP contribution in [0.1, 0.15) is 39.5 Å². The van der Waals surface area contributed by atoms with E-state index in [9.17, 15) is 9.59 Å². The van der Waals surface area contributed by atoms with Gasteiger partial charge in [-0.2, -0.15) is 0 Å². The van der Waals surface area contributed by atoms with E-state index in [1.807, 2.05) is 4.90 Å². The quantitative estimate of drug-likeness (QED) is 0.736. The number of nitrogens with two attached hydrogens (primary N) is 1. The lowest BCUT2D eigenvalue weighted by Crippen LogP contribution is -2.51. The Morgan fingerprint density at radius 1 is 1.10 bits per heavy atom. The molecule has 1 saturated heterocycles. The van der Waals surface area contributed by atoms with E-state index in [-0.39, 0.29) is 5.92 Å². The summed E-state index contributed by atoms with van der Waals surface area (Å²) in [6.07, 6.45) is 3.35. The van der Waals surface area contributed by atoms with Crippen LogP contribution in [0, 0.1) is 5.92 Å². The van der Waals surface area contributed by atoms with Crippen molar-refractivity contribution in [2.24, 2.45) is 11.7 Å². The van der Waals surface area contributed by atoms with Crippen LogP contribution < -0.4 is 5.73 Å². The van der Waals surface area contributed by atoms with Gasteiger partial charge in [-0.3, -0.25) is 9.69 Å². The fraction of sp³-hybridized carbons (Fsp3) is 0.867. The fourth-order valence-corrected chi connectivity index (χ4v) is 2.81. The van der Waals surface area contributed by atoms with Crippen LogP contribution in [0.2, 0.25) is 0 Å².